The maximum atomic E-state index is 12.3. The van der Waals surface area contributed by atoms with E-state index in [9.17, 15) is 14.9 Å². The second kappa shape index (κ2) is 6.22. The zero-order chi connectivity index (χ0) is 15.4. The molecule has 1 saturated carbocycles. The maximum absolute atomic E-state index is 12.3. The molecule has 0 saturated heterocycles. The zero-order valence-electron chi connectivity index (χ0n) is 11.5. The molecule has 110 valence electrons. The van der Waals surface area contributed by atoms with Gasteiger partial charge < -0.3 is 10.1 Å². The normalized spacial score (nSPS) is 20.6. The molecule has 1 aromatic carbocycles. The minimum atomic E-state index is -0.549. The summed E-state index contributed by atoms with van der Waals surface area (Å²) in [4.78, 5) is 22.4. The smallest absolute Gasteiger partial charge is 0.273 e. The lowest BCUT2D eigenvalue weighted by Crippen LogP contribution is -2.37. The Kier molecular flexibility index (Phi) is 4.38. The fourth-order valence-corrected chi connectivity index (χ4v) is 2.51. The number of hydrogen-bond acceptors (Lipinski definition) is 5. The SMILES string of the molecule is COc1cc([N+](=O)[O-])ccc1C(=O)NC1CCCC1C#N. The molecular formula is C14H15N3O4. The van der Waals surface area contributed by atoms with Crippen LogP contribution in [0.5, 0.6) is 5.75 Å². The summed E-state index contributed by atoms with van der Waals surface area (Å²) in [5.74, 6) is -0.417. The molecule has 1 fully saturated rings. The number of carbonyl (C=O) groups excluding carboxylic acids is 1. The summed E-state index contributed by atoms with van der Waals surface area (Å²) >= 11 is 0. The molecule has 0 spiro atoms. The first-order valence-corrected chi connectivity index (χ1v) is 6.59. The number of nitrogens with one attached hydrogen (secondary N) is 1. The second-order valence-corrected chi connectivity index (χ2v) is 4.89. The van der Waals surface area contributed by atoms with Gasteiger partial charge in [-0.1, -0.05) is 0 Å². The molecule has 0 aromatic heterocycles. The van der Waals surface area contributed by atoms with Gasteiger partial charge in [-0.15, -0.1) is 0 Å². The van der Waals surface area contributed by atoms with Crippen LogP contribution in [0, 0.1) is 27.4 Å². The lowest BCUT2D eigenvalue weighted by molar-refractivity contribution is -0.384. The number of nitrogens with zero attached hydrogens (tertiary/aromatic N) is 2. The van der Waals surface area contributed by atoms with Crippen LogP contribution in [-0.4, -0.2) is 24.0 Å². The number of ether oxygens (including phenoxy) is 1. The lowest BCUT2D eigenvalue weighted by atomic mass is 10.0. The van der Waals surface area contributed by atoms with E-state index < -0.39 is 4.92 Å². The van der Waals surface area contributed by atoms with Crippen molar-refractivity contribution >= 4 is 11.6 Å². The molecule has 2 atom stereocenters. The van der Waals surface area contributed by atoms with E-state index in [0.29, 0.717) is 0 Å². The van der Waals surface area contributed by atoms with E-state index in [1.807, 2.05) is 0 Å². The highest BCUT2D eigenvalue weighted by Gasteiger charge is 2.29. The van der Waals surface area contributed by atoms with Crippen molar-refractivity contribution in [3.05, 3.63) is 33.9 Å². The summed E-state index contributed by atoms with van der Waals surface area (Å²) in [7, 11) is 1.35. The first-order chi connectivity index (χ1) is 10.1. The van der Waals surface area contributed by atoms with Gasteiger partial charge in [0.2, 0.25) is 0 Å². The molecule has 0 radical (unpaired) electrons. The number of rotatable bonds is 4. The summed E-state index contributed by atoms with van der Waals surface area (Å²) in [5, 5.41) is 22.5. The molecule has 1 aromatic rings. The monoisotopic (exact) mass is 289 g/mol. The number of nitro benzene ring substituents is 1. The van der Waals surface area contributed by atoms with Crippen LogP contribution < -0.4 is 10.1 Å². The molecule has 0 aliphatic heterocycles. The number of benzene rings is 1. The maximum Gasteiger partial charge on any atom is 0.273 e. The predicted molar refractivity (Wildman–Crippen MR) is 73.9 cm³/mol. The van der Waals surface area contributed by atoms with Gasteiger partial charge in [-0.25, -0.2) is 0 Å². The largest absolute Gasteiger partial charge is 0.496 e. The van der Waals surface area contributed by atoms with Gasteiger partial charge >= 0.3 is 0 Å². The van der Waals surface area contributed by atoms with Crippen LogP contribution in [0.4, 0.5) is 5.69 Å². The molecule has 1 aliphatic carbocycles. The molecule has 1 amide bonds. The third-order valence-electron chi connectivity index (χ3n) is 3.64. The Morgan fingerprint density at radius 3 is 2.90 bits per heavy atom. The highest BCUT2D eigenvalue weighted by Crippen LogP contribution is 2.27. The third kappa shape index (κ3) is 3.11. The Balaban J connectivity index is 2.19. The van der Waals surface area contributed by atoms with Crippen LogP contribution in [0.3, 0.4) is 0 Å². The van der Waals surface area contributed by atoms with Gasteiger partial charge in [-0.2, -0.15) is 5.26 Å². The number of carbonyl (C=O) groups is 1. The van der Waals surface area contributed by atoms with Gasteiger partial charge in [0.15, 0.2) is 0 Å². The molecule has 0 bridgehead atoms. The Bertz CT molecular complexity index is 609. The third-order valence-corrected chi connectivity index (χ3v) is 3.64. The van der Waals surface area contributed by atoms with Crippen LogP contribution in [0.25, 0.3) is 0 Å². The van der Waals surface area contributed by atoms with Crippen LogP contribution in [0.15, 0.2) is 18.2 Å². The summed E-state index contributed by atoms with van der Waals surface area (Å²) < 4.78 is 5.04. The molecule has 1 N–H and O–H groups in total. The molecule has 1 aliphatic rings. The van der Waals surface area contributed by atoms with Crippen molar-refractivity contribution in [3.8, 4) is 11.8 Å². The Labute approximate surface area is 121 Å². The second-order valence-electron chi connectivity index (χ2n) is 4.89. The first-order valence-electron chi connectivity index (χ1n) is 6.59. The number of hydrogen-bond donors (Lipinski definition) is 1. The van der Waals surface area contributed by atoms with E-state index in [-0.39, 0.29) is 34.9 Å². The van der Waals surface area contributed by atoms with Crippen molar-refractivity contribution in [2.75, 3.05) is 7.11 Å². The number of non-ortho nitro benzene ring substituents is 1. The molecule has 2 rings (SSSR count). The molecule has 0 heterocycles. The van der Waals surface area contributed by atoms with Crippen LogP contribution in [0.1, 0.15) is 29.6 Å². The van der Waals surface area contributed by atoms with Gasteiger partial charge in [0.1, 0.15) is 5.75 Å². The van der Waals surface area contributed by atoms with Gasteiger partial charge in [0, 0.05) is 12.1 Å². The van der Waals surface area contributed by atoms with E-state index in [4.69, 9.17) is 10.00 Å². The van der Waals surface area contributed by atoms with Crippen molar-refractivity contribution in [1.82, 2.24) is 5.32 Å². The van der Waals surface area contributed by atoms with Gasteiger partial charge in [0.05, 0.1) is 35.7 Å². The minimum absolute atomic E-state index is 0.140. The summed E-state index contributed by atoms with van der Waals surface area (Å²) in [6.07, 6.45) is 2.44. The van der Waals surface area contributed by atoms with Crippen molar-refractivity contribution in [2.45, 2.75) is 25.3 Å². The summed E-state index contributed by atoms with van der Waals surface area (Å²) in [5.41, 5.74) is 0.0888. The lowest BCUT2D eigenvalue weighted by Gasteiger charge is -2.16. The van der Waals surface area contributed by atoms with Gasteiger partial charge in [-0.3, -0.25) is 14.9 Å². The fourth-order valence-electron chi connectivity index (χ4n) is 2.51. The van der Waals surface area contributed by atoms with Crippen molar-refractivity contribution < 1.29 is 14.5 Å². The quantitative estimate of drug-likeness (QED) is 0.674. The molecule has 7 nitrogen and oxygen atoms in total. The molecule has 21 heavy (non-hydrogen) atoms. The first kappa shape index (κ1) is 14.8. The van der Waals surface area contributed by atoms with Crippen LogP contribution in [0.2, 0.25) is 0 Å². The van der Waals surface area contributed by atoms with E-state index in [0.717, 1.165) is 19.3 Å². The molecule has 7 heteroatoms. The highest BCUT2D eigenvalue weighted by molar-refractivity contribution is 5.97. The van der Waals surface area contributed by atoms with Crippen molar-refractivity contribution in [3.63, 3.8) is 0 Å². The minimum Gasteiger partial charge on any atom is -0.496 e. The summed E-state index contributed by atoms with van der Waals surface area (Å²) in [6, 6.07) is 5.84. The van der Waals surface area contributed by atoms with Crippen LogP contribution >= 0.6 is 0 Å². The van der Waals surface area contributed by atoms with Crippen molar-refractivity contribution in [2.24, 2.45) is 5.92 Å². The molecule has 2 unspecified atom stereocenters. The summed E-state index contributed by atoms with van der Waals surface area (Å²) in [6.45, 7) is 0. The van der Waals surface area contributed by atoms with Crippen molar-refractivity contribution in [1.29, 1.82) is 5.26 Å². The topological polar surface area (TPSA) is 105 Å². The number of methoxy groups -OCH3 is 1. The predicted octanol–water partition coefficient (Wildman–Crippen LogP) is 2.03. The van der Waals surface area contributed by atoms with E-state index in [1.54, 1.807) is 0 Å². The average molecular weight is 289 g/mol. The number of nitriles is 1. The van der Waals surface area contributed by atoms with Gasteiger partial charge in [0.25, 0.3) is 11.6 Å². The Hall–Kier alpha value is -2.62. The molecular weight excluding hydrogens is 274 g/mol. The van der Waals surface area contributed by atoms with E-state index in [2.05, 4.69) is 11.4 Å². The Morgan fingerprint density at radius 2 is 2.29 bits per heavy atom. The number of nitro groups is 1. The van der Waals surface area contributed by atoms with E-state index in [1.165, 1.54) is 25.3 Å². The highest BCUT2D eigenvalue weighted by atomic mass is 16.6. The van der Waals surface area contributed by atoms with E-state index >= 15 is 0 Å². The fraction of sp³-hybridized carbons (Fsp3) is 0.429. The zero-order valence-corrected chi connectivity index (χ0v) is 11.5. The number of amides is 1. The van der Waals surface area contributed by atoms with Gasteiger partial charge in [-0.05, 0) is 25.3 Å². The standard InChI is InChI=1S/C14H15N3O4/c1-21-13-7-10(17(19)20)5-6-11(13)14(18)16-12-4-2-3-9(12)8-15/h5-7,9,12H,2-4H2,1H3,(H,16,18). The Morgan fingerprint density at radius 1 is 1.52 bits per heavy atom. The van der Waals surface area contributed by atoms with Crippen LogP contribution in [-0.2, 0) is 0 Å². The average Bonchev–Trinajstić information content (AvgIpc) is 2.93.